The van der Waals surface area contributed by atoms with Crippen molar-refractivity contribution in [2.45, 2.75) is 50.6 Å². The Morgan fingerprint density at radius 2 is 1.79 bits per heavy atom. The van der Waals surface area contributed by atoms with E-state index in [2.05, 4.69) is 28.1 Å². The Balaban J connectivity index is 1.45. The number of benzene rings is 2. The summed E-state index contributed by atoms with van der Waals surface area (Å²) < 4.78 is 5.22. The molecule has 3 aliphatic rings. The van der Waals surface area contributed by atoms with Gasteiger partial charge in [-0.1, -0.05) is 31.1 Å². The second-order valence-electron chi connectivity index (χ2n) is 9.48. The van der Waals surface area contributed by atoms with Gasteiger partial charge in [0.1, 0.15) is 5.75 Å². The first-order valence-corrected chi connectivity index (χ1v) is 12.2. The van der Waals surface area contributed by atoms with Gasteiger partial charge in [-0.3, -0.25) is 4.79 Å². The molecule has 0 spiro atoms. The van der Waals surface area contributed by atoms with Gasteiger partial charge in [0.2, 0.25) is 5.91 Å². The van der Waals surface area contributed by atoms with Crippen LogP contribution in [0.15, 0.2) is 42.5 Å². The van der Waals surface area contributed by atoms with Gasteiger partial charge in [-0.2, -0.15) is 0 Å². The number of amides is 1. The topological polar surface area (TPSA) is 61.8 Å². The van der Waals surface area contributed by atoms with Crippen LogP contribution < -0.4 is 10.1 Å². The summed E-state index contributed by atoms with van der Waals surface area (Å²) >= 11 is 0. The van der Waals surface area contributed by atoms with E-state index in [1.54, 1.807) is 7.11 Å². The van der Waals surface area contributed by atoms with Crippen LogP contribution in [0.1, 0.15) is 61.3 Å². The quantitative estimate of drug-likeness (QED) is 0.691. The first kappa shape index (κ1) is 21.9. The molecule has 2 aromatic rings. The monoisotopic (exact) mass is 444 g/mol. The fourth-order valence-electron chi connectivity index (χ4n) is 5.79. The van der Waals surface area contributed by atoms with Gasteiger partial charge in [-0.25, -0.2) is 0 Å². The lowest BCUT2D eigenvalue weighted by molar-refractivity contribution is -0.138. The minimum Gasteiger partial charge on any atom is -0.497 e. The van der Waals surface area contributed by atoms with Gasteiger partial charge in [0, 0.05) is 35.2 Å². The second-order valence-corrected chi connectivity index (χ2v) is 9.48. The first-order chi connectivity index (χ1) is 16.2. The molecule has 33 heavy (non-hydrogen) atoms. The molecule has 2 aliphatic heterocycles. The Morgan fingerprint density at radius 3 is 2.52 bits per heavy atom. The van der Waals surface area contributed by atoms with Crippen molar-refractivity contribution in [2.75, 3.05) is 25.6 Å². The normalized spacial score (nSPS) is 24.2. The minimum atomic E-state index is -0.0251. The summed E-state index contributed by atoms with van der Waals surface area (Å²) in [6, 6.07) is 13.9. The molecule has 1 saturated heterocycles. The molecule has 3 atom stereocenters. The van der Waals surface area contributed by atoms with Crippen molar-refractivity contribution in [3.63, 3.8) is 0 Å². The smallest absolute Gasteiger partial charge is 0.226 e. The van der Waals surface area contributed by atoms with Gasteiger partial charge < -0.3 is 20.1 Å². The van der Waals surface area contributed by atoms with Crippen molar-refractivity contribution in [2.24, 2.45) is 11.8 Å². The van der Waals surface area contributed by atoms with E-state index in [0.29, 0.717) is 5.91 Å². The van der Waals surface area contributed by atoms with Crippen LogP contribution in [-0.2, 0) is 4.79 Å². The molecule has 0 radical (unpaired) electrons. The van der Waals surface area contributed by atoms with Crippen LogP contribution in [0.25, 0.3) is 0 Å². The third kappa shape index (κ3) is 4.32. The van der Waals surface area contributed by atoms with Crippen LogP contribution in [0.2, 0.25) is 0 Å². The number of hydrogen-bond donors (Lipinski definition) is 2. The lowest BCUT2D eigenvalue weighted by Crippen LogP contribution is -2.44. The summed E-state index contributed by atoms with van der Waals surface area (Å²) in [6.45, 7) is 0.842. The molecule has 5 nitrogen and oxygen atoms in total. The second kappa shape index (κ2) is 9.49. The maximum Gasteiger partial charge on any atom is 0.226 e. The molecule has 2 aromatic carbocycles. The molecule has 5 rings (SSSR count). The Kier molecular flexibility index (Phi) is 6.28. The zero-order valence-electron chi connectivity index (χ0n) is 19.2. The van der Waals surface area contributed by atoms with Crippen LogP contribution in [0.5, 0.6) is 5.75 Å². The Labute approximate surface area is 196 Å². The van der Waals surface area contributed by atoms with Crippen LogP contribution in [0.3, 0.4) is 0 Å². The molecule has 0 bridgehead atoms. The molecule has 2 N–H and O–H groups in total. The van der Waals surface area contributed by atoms with Crippen LogP contribution in [0.4, 0.5) is 5.69 Å². The maximum atomic E-state index is 13.5. The standard InChI is InChI=1S/C28H32N2O3/c1-33-22-12-9-19(10-13-22)7-8-20-11-14-25-24(17-20)27-23(26(18-31)29-25)15-16-30(27)28(32)21-5-3-2-4-6-21/h9-14,17,21,23,26-27,29,31H,2-6,15-16,18H2,1H3/t23-,26-,27-/m1/s1. The van der Waals surface area contributed by atoms with Crippen molar-refractivity contribution in [1.82, 2.24) is 4.90 Å². The molecular formula is C28H32N2O3. The van der Waals surface area contributed by atoms with Gasteiger partial charge in [-0.15, -0.1) is 0 Å². The van der Waals surface area contributed by atoms with E-state index in [0.717, 1.165) is 66.8 Å². The number of anilines is 1. The number of carbonyl (C=O) groups is 1. The van der Waals surface area contributed by atoms with E-state index in [1.165, 1.54) is 6.42 Å². The number of nitrogens with zero attached hydrogens (tertiary/aromatic N) is 1. The number of carbonyl (C=O) groups excluding carboxylic acids is 1. The van der Waals surface area contributed by atoms with Crippen LogP contribution in [0, 0.1) is 23.7 Å². The molecule has 0 unspecified atom stereocenters. The third-order valence-corrected chi connectivity index (χ3v) is 7.55. The van der Waals surface area contributed by atoms with Crippen molar-refractivity contribution in [3.05, 3.63) is 59.2 Å². The number of rotatable bonds is 3. The largest absolute Gasteiger partial charge is 0.497 e. The summed E-state index contributed by atoms with van der Waals surface area (Å²) in [4.78, 5) is 15.6. The lowest BCUT2D eigenvalue weighted by Gasteiger charge is -2.40. The third-order valence-electron chi connectivity index (χ3n) is 7.55. The number of aliphatic hydroxyl groups excluding tert-OH is 1. The van der Waals surface area contributed by atoms with Gasteiger partial charge in [0.15, 0.2) is 0 Å². The highest BCUT2D eigenvalue weighted by atomic mass is 16.5. The van der Waals surface area contributed by atoms with Crippen molar-refractivity contribution in [1.29, 1.82) is 0 Å². The number of hydrogen-bond acceptors (Lipinski definition) is 4. The number of ether oxygens (including phenoxy) is 1. The predicted molar refractivity (Wildman–Crippen MR) is 129 cm³/mol. The van der Waals surface area contributed by atoms with E-state index in [4.69, 9.17) is 4.74 Å². The van der Waals surface area contributed by atoms with E-state index in [1.807, 2.05) is 36.4 Å². The molecule has 172 valence electrons. The van der Waals surface area contributed by atoms with Gasteiger partial charge >= 0.3 is 0 Å². The van der Waals surface area contributed by atoms with Gasteiger partial charge in [0.05, 0.1) is 25.8 Å². The van der Waals surface area contributed by atoms with E-state index >= 15 is 0 Å². The first-order valence-electron chi connectivity index (χ1n) is 12.2. The van der Waals surface area contributed by atoms with Crippen LogP contribution >= 0.6 is 0 Å². The zero-order chi connectivity index (χ0) is 22.8. The highest BCUT2D eigenvalue weighted by molar-refractivity contribution is 5.80. The highest BCUT2D eigenvalue weighted by Gasteiger charge is 2.46. The number of aliphatic hydroxyl groups is 1. The van der Waals surface area contributed by atoms with E-state index in [9.17, 15) is 9.90 Å². The summed E-state index contributed by atoms with van der Waals surface area (Å²) in [5.74, 6) is 8.02. The highest BCUT2D eigenvalue weighted by Crippen LogP contribution is 2.47. The van der Waals surface area contributed by atoms with Crippen molar-refractivity contribution < 1.29 is 14.6 Å². The average molecular weight is 445 g/mol. The molecule has 1 saturated carbocycles. The van der Waals surface area contributed by atoms with E-state index < -0.39 is 0 Å². The molecular weight excluding hydrogens is 412 g/mol. The maximum absolute atomic E-state index is 13.5. The molecule has 2 heterocycles. The molecule has 5 heteroatoms. The molecule has 0 aromatic heterocycles. The average Bonchev–Trinajstić information content (AvgIpc) is 3.33. The molecule has 1 aliphatic carbocycles. The summed E-state index contributed by atoms with van der Waals surface area (Å²) in [7, 11) is 1.65. The van der Waals surface area contributed by atoms with Crippen LogP contribution in [-0.4, -0.2) is 42.2 Å². The minimum absolute atomic E-state index is 0.00978. The summed E-state index contributed by atoms with van der Waals surface area (Å²) in [5.41, 5.74) is 4.01. The SMILES string of the molecule is COc1ccc(C#Cc2ccc3c(c2)[C@H]2[C@H](CCN2C(=O)C2CCCCC2)[C@@H](CO)N3)cc1. The van der Waals surface area contributed by atoms with E-state index in [-0.39, 0.29) is 30.5 Å². The van der Waals surface area contributed by atoms with Gasteiger partial charge in [-0.05, 0) is 67.3 Å². The zero-order valence-corrected chi connectivity index (χ0v) is 19.2. The molecule has 1 amide bonds. The Bertz CT molecular complexity index is 1060. The number of fused-ring (bicyclic) bond motifs is 3. The predicted octanol–water partition coefficient (Wildman–Crippen LogP) is 4.35. The lowest BCUT2D eigenvalue weighted by atomic mass is 9.82. The Morgan fingerprint density at radius 1 is 1.06 bits per heavy atom. The van der Waals surface area contributed by atoms with Crippen molar-refractivity contribution >= 4 is 11.6 Å². The number of nitrogens with one attached hydrogen (secondary N) is 1. The number of methoxy groups -OCH3 is 1. The van der Waals surface area contributed by atoms with Gasteiger partial charge in [0.25, 0.3) is 0 Å². The number of likely N-dealkylation sites (tertiary alicyclic amines) is 1. The van der Waals surface area contributed by atoms with Crippen molar-refractivity contribution in [3.8, 4) is 17.6 Å². The Hall–Kier alpha value is -2.97. The molecule has 2 fully saturated rings. The summed E-state index contributed by atoms with van der Waals surface area (Å²) in [5, 5.41) is 13.6. The fourth-order valence-corrected chi connectivity index (χ4v) is 5.79. The summed E-state index contributed by atoms with van der Waals surface area (Å²) in [6.07, 6.45) is 6.49. The fraction of sp³-hybridized carbons (Fsp3) is 0.464.